The van der Waals surface area contributed by atoms with Gasteiger partial charge < -0.3 is 0 Å². The topological polar surface area (TPSA) is 0 Å². The highest BCUT2D eigenvalue weighted by Crippen LogP contribution is 2.45. The normalized spacial score (nSPS) is 32.9. The van der Waals surface area contributed by atoms with Gasteiger partial charge >= 0.3 is 0 Å². The van der Waals surface area contributed by atoms with Crippen molar-refractivity contribution in [3.63, 3.8) is 0 Å². The number of thioether (sulfide) groups is 1. The first-order valence-corrected chi connectivity index (χ1v) is 7.61. The Morgan fingerprint density at radius 3 is 2.94 bits per heavy atom. The van der Waals surface area contributed by atoms with Crippen molar-refractivity contribution >= 4 is 23.4 Å². The second-order valence-electron chi connectivity index (χ2n) is 5.06. The Hall–Kier alpha value is -0.140. The molecule has 1 aromatic carbocycles. The van der Waals surface area contributed by atoms with Crippen LogP contribution in [0.4, 0.5) is 0 Å². The summed E-state index contributed by atoms with van der Waals surface area (Å²) >= 11 is 8.21. The molecule has 3 rings (SSSR count). The van der Waals surface area contributed by atoms with E-state index in [1.54, 1.807) is 5.56 Å². The lowest BCUT2D eigenvalue weighted by molar-refractivity contribution is 0.464. The van der Waals surface area contributed by atoms with Crippen LogP contribution in [-0.4, -0.2) is 11.1 Å². The first kappa shape index (κ1) is 11.0. The standard InChI is InChI=1S/C14H17ClS/c15-12-6-5-10(8-12)7-11-9-16-14-4-2-1-3-13(11)14/h1-4,10-12H,5-9H2. The maximum Gasteiger partial charge on any atom is 0.0338 e. The van der Waals surface area contributed by atoms with E-state index >= 15 is 0 Å². The van der Waals surface area contributed by atoms with Gasteiger partial charge in [0.2, 0.25) is 0 Å². The third-order valence-electron chi connectivity index (χ3n) is 3.89. The summed E-state index contributed by atoms with van der Waals surface area (Å²) in [7, 11) is 0. The van der Waals surface area contributed by atoms with Gasteiger partial charge in [0.1, 0.15) is 0 Å². The van der Waals surface area contributed by atoms with E-state index in [0.717, 1.165) is 11.8 Å². The molecule has 3 atom stereocenters. The second kappa shape index (κ2) is 4.62. The zero-order valence-corrected chi connectivity index (χ0v) is 10.9. The zero-order chi connectivity index (χ0) is 11.0. The Kier molecular flexibility index (Phi) is 3.17. The van der Waals surface area contributed by atoms with Crippen molar-refractivity contribution in [1.82, 2.24) is 0 Å². The van der Waals surface area contributed by atoms with Crippen LogP contribution >= 0.6 is 23.4 Å². The molecule has 0 saturated heterocycles. The molecular formula is C14H17ClS. The van der Waals surface area contributed by atoms with E-state index in [9.17, 15) is 0 Å². The highest BCUT2D eigenvalue weighted by Gasteiger charge is 2.29. The van der Waals surface area contributed by atoms with E-state index < -0.39 is 0 Å². The Balaban J connectivity index is 1.69. The molecule has 1 aliphatic carbocycles. The van der Waals surface area contributed by atoms with Crippen molar-refractivity contribution in [2.24, 2.45) is 5.92 Å². The molecule has 3 unspecified atom stereocenters. The molecule has 1 heterocycles. The molecule has 1 aliphatic heterocycles. The van der Waals surface area contributed by atoms with Gasteiger partial charge in [0.25, 0.3) is 0 Å². The van der Waals surface area contributed by atoms with Gasteiger partial charge in [-0.25, -0.2) is 0 Å². The molecule has 16 heavy (non-hydrogen) atoms. The number of hydrogen-bond acceptors (Lipinski definition) is 1. The Morgan fingerprint density at radius 2 is 2.12 bits per heavy atom. The fourth-order valence-electron chi connectivity index (χ4n) is 3.05. The highest BCUT2D eigenvalue weighted by atomic mass is 35.5. The summed E-state index contributed by atoms with van der Waals surface area (Å²) in [6, 6.07) is 8.90. The van der Waals surface area contributed by atoms with Crippen molar-refractivity contribution in [2.75, 3.05) is 5.75 Å². The summed E-state index contributed by atoms with van der Waals surface area (Å²) in [5.41, 5.74) is 1.59. The number of benzene rings is 1. The number of rotatable bonds is 2. The molecular weight excluding hydrogens is 236 g/mol. The maximum absolute atomic E-state index is 6.19. The fraction of sp³-hybridized carbons (Fsp3) is 0.571. The molecule has 0 amide bonds. The van der Waals surface area contributed by atoms with Gasteiger partial charge in [-0.1, -0.05) is 18.2 Å². The third kappa shape index (κ3) is 2.12. The second-order valence-corrected chi connectivity index (χ2v) is 6.74. The van der Waals surface area contributed by atoms with Crippen molar-refractivity contribution in [3.05, 3.63) is 29.8 Å². The molecule has 86 valence electrons. The molecule has 0 bridgehead atoms. The molecule has 0 nitrogen and oxygen atoms in total. The van der Waals surface area contributed by atoms with Gasteiger partial charge in [0.15, 0.2) is 0 Å². The van der Waals surface area contributed by atoms with Crippen LogP contribution in [-0.2, 0) is 0 Å². The fourth-order valence-corrected chi connectivity index (χ4v) is 4.71. The van der Waals surface area contributed by atoms with Crippen LogP contribution in [0, 0.1) is 5.92 Å². The largest absolute Gasteiger partial charge is 0.125 e. The number of fused-ring (bicyclic) bond motifs is 1. The minimum absolute atomic E-state index is 0.453. The Bertz CT molecular complexity index is 377. The summed E-state index contributed by atoms with van der Waals surface area (Å²) in [5.74, 6) is 2.94. The van der Waals surface area contributed by atoms with E-state index in [-0.39, 0.29) is 0 Å². The minimum Gasteiger partial charge on any atom is -0.125 e. The van der Waals surface area contributed by atoms with Crippen molar-refractivity contribution in [3.8, 4) is 0 Å². The predicted octanol–water partition coefficient (Wildman–Crippen LogP) is 4.67. The smallest absolute Gasteiger partial charge is 0.0338 e. The number of alkyl halides is 1. The lowest BCUT2D eigenvalue weighted by Crippen LogP contribution is -2.05. The summed E-state index contributed by atoms with van der Waals surface area (Å²) in [6.45, 7) is 0. The molecule has 0 aromatic heterocycles. The number of hydrogen-bond donors (Lipinski definition) is 0. The molecule has 2 heteroatoms. The summed E-state index contributed by atoms with van der Waals surface area (Å²) in [5, 5.41) is 0.453. The van der Waals surface area contributed by atoms with Crippen LogP contribution in [0.1, 0.15) is 37.2 Å². The summed E-state index contributed by atoms with van der Waals surface area (Å²) in [6.07, 6.45) is 5.17. The van der Waals surface area contributed by atoms with Crippen molar-refractivity contribution in [1.29, 1.82) is 0 Å². The first-order valence-electron chi connectivity index (χ1n) is 6.18. The first-order chi connectivity index (χ1) is 7.83. The molecule has 0 spiro atoms. The van der Waals surface area contributed by atoms with Crippen LogP contribution < -0.4 is 0 Å². The van der Waals surface area contributed by atoms with Gasteiger partial charge in [-0.15, -0.1) is 23.4 Å². The average molecular weight is 253 g/mol. The lowest BCUT2D eigenvalue weighted by atomic mass is 9.89. The Morgan fingerprint density at radius 1 is 1.25 bits per heavy atom. The van der Waals surface area contributed by atoms with E-state index in [4.69, 9.17) is 11.6 Å². The average Bonchev–Trinajstić information content (AvgIpc) is 2.87. The van der Waals surface area contributed by atoms with Crippen LogP contribution in [0.5, 0.6) is 0 Å². The molecule has 2 aliphatic rings. The van der Waals surface area contributed by atoms with Gasteiger partial charge in [-0.3, -0.25) is 0 Å². The van der Waals surface area contributed by atoms with Gasteiger partial charge in [-0.2, -0.15) is 0 Å². The quantitative estimate of drug-likeness (QED) is 0.689. The minimum atomic E-state index is 0.453. The van der Waals surface area contributed by atoms with E-state index in [0.29, 0.717) is 5.38 Å². The summed E-state index contributed by atoms with van der Waals surface area (Å²) in [4.78, 5) is 1.51. The molecule has 1 saturated carbocycles. The highest BCUT2D eigenvalue weighted by molar-refractivity contribution is 7.99. The lowest BCUT2D eigenvalue weighted by Gasteiger charge is -2.15. The van der Waals surface area contributed by atoms with Gasteiger partial charge in [-0.05, 0) is 49.1 Å². The monoisotopic (exact) mass is 252 g/mol. The zero-order valence-electron chi connectivity index (χ0n) is 9.36. The molecule has 1 aromatic rings. The maximum atomic E-state index is 6.19. The molecule has 0 N–H and O–H groups in total. The molecule has 1 fully saturated rings. The van der Waals surface area contributed by atoms with Gasteiger partial charge in [0.05, 0.1) is 0 Å². The SMILES string of the molecule is ClC1CCC(CC2CSc3ccccc32)C1. The van der Waals surface area contributed by atoms with E-state index in [1.807, 2.05) is 11.8 Å². The van der Waals surface area contributed by atoms with Crippen LogP contribution in [0.3, 0.4) is 0 Å². The van der Waals surface area contributed by atoms with Gasteiger partial charge in [0, 0.05) is 16.0 Å². The third-order valence-corrected chi connectivity index (χ3v) is 5.54. The number of halogens is 1. The van der Waals surface area contributed by atoms with Crippen molar-refractivity contribution < 1.29 is 0 Å². The molecule has 0 radical (unpaired) electrons. The van der Waals surface area contributed by atoms with E-state index in [1.165, 1.54) is 36.3 Å². The van der Waals surface area contributed by atoms with E-state index in [2.05, 4.69) is 24.3 Å². The summed E-state index contributed by atoms with van der Waals surface area (Å²) < 4.78 is 0. The van der Waals surface area contributed by atoms with Crippen molar-refractivity contribution in [2.45, 2.75) is 41.9 Å². The Labute approximate surface area is 107 Å². The van der Waals surface area contributed by atoms with Crippen LogP contribution in [0.2, 0.25) is 0 Å². The predicted molar refractivity (Wildman–Crippen MR) is 71.5 cm³/mol. The van der Waals surface area contributed by atoms with Crippen LogP contribution in [0.25, 0.3) is 0 Å². The van der Waals surface area contributed by atoms with Crippen LogP contribution in [0.15, 0.2) is 29.2 Å².